The second kappa shape index (κ2) is 5.30. The van der Waals surface area contributed by atoms with E-state index in [4.69, 9.17) is 0 Å². The Labute approximate surface area is 129 Å². The highest BCUT2D eigenvalue weighted by Crippen LogP contribution is 2.26. The Hall–Kier alpha value is -2.62. The first kappa shape index (κ1) is 14.3. The van der Waals surface area contributed by atoms with Crippen molar-refractivity contribution in [1.29, 1.82) is 0 Å². The van der Waals surface area contributed by atoms with Crippen molar-refractivity contribution in [3.63, 3.8) is 0 Å². The summed E-state index contributed by atoms with van der Waals surface area (Å²) in [7, 11) is 0. The average molecular weight is 293 g/mol. The molecule has 4 heteroatoms. The van der Waals surface area contributed by atoms with E-state index in [1.807, 2.05) is 45.0 Å². The van der Waals surface area contributed by atoms with Gasteiger partial charge < -0.3 is 10.2 Å². The first-order valence-electron chi connectivity index (χ1n) is 7.30. The van der Waals surface area contributed by atoms with E-state index in [9.17, 15) is 5.21 Å². The van der Waals surface area contributed by atoms with Crippen LogP contribution in [0.25, 0.3) is 22.2 Å². The van der Waals surface area contributed by atoms with Gasteiger partial charge >= 0.3 is 0 Å². The Kier molecular flexibility index (Phi) is 3.45. The van der Waals surface area contributed by atoms with Gasteiger partial charge in [-0.1, -0.05) is 42.5 Å². The highest BCUT2D eigenvalue weighted by molar-refractivity contribution is 5.95. The maximum atomic E-state index is 12.0. The lowest BCUT2D eigenvalue weighted by Gasteiger charge is -2.17. The zero-order valence-corrected chi connectivity index (χ0v) is 13.0. The van der Waals surface area contributed by atoms with Gasteiger partial charge in [-0.3, -0.25) is 0 Å². The summed E-state index contributed by atoms with van der Waals surface area (Å²) in [6.45, 7) is 5.61. The number of rotatable bonds is 2. The number of imidazole rings is 1. The molecule has 4 nitrogen and oxygen atoms in total. The van der Waals surface area contributed by atoms with Crippen molar-refractivity contribution in [2.24, 2.45) is 0 Å². The minimum absolute atomic E-state index is 0.474. The average Bonchev–Trinajstić information content (AvgIpc) is 2.94. The Bertz CT molecular complexity index is 835. The monoisotopic (exact) mass is 293 g/mol. The van der Waals surface area contributed by atoms with E-state index < -0.39 is 5.54 Å². The molecule has 1 N–H and O–H groups in total. The molecule has 0 aliphatic heterocycles. The summed E-state index contributed by atoms with van der Waals surface area (Å²) >= 11 is 0. The van der Waals surface area contributed by atoms with Gasteiger partial charge in [0, 0.05) is 32.5 Å². The molecule has 0 bridgehead atoms. The molecule has 0 spiro atoms. The largest absolute Gasteiger partial charge is 0.623 e. The van der Waals surface area contributed by atoms with Gasteiger partial charge in [-0.05, 0) is 10.8 Å². The molecule has 112 valence electrons. The van der Waals surface area contributed by atoms with Crippen LogP contribution < -0.4 is 0 Å². The predicted molar refractivity (Wildman–Crippen MR) is 90.1 cm³/mol. The van der Waals surface area contributed by atoms with Crippen molar-refractivity contribution in [2.75, 3.05) is 0 Å². The molecule has 1 heterocycles. The summed E-state index contributed by atoms with van der Waals surface area (Å²) in [4.78, 5) is 7.69. The number of aromatic nitrogens is 2. The van der Waals surface area contributed by atoms with Gasteiger partial charge in [-0.2, -0.15) is 0 Å². The van der Waals surface area contributed by atoms with E-state index in [2.05, 4.69) is 28.2 Å². The number of fused-ring (bicyclic) bond motifs is 1. The third-order valence-corrected chi connectivity index (χ3v) is 3.55. The number of nitrogens with one attached hydrogen (secondary N) is 1. The molecule has 0 saturated heterocycles. The molecular weight excluding hydrogens is 274 g/mol. The lowest BCUT2D eigenvalue weighted by Crippen LogP contribution is -2.29. The van der Waals surface area contributed by atoms with Crippen molar-refractivity contribution in [1.82, 2.24) is 9.97 Å². The highest BCUT2D eigenvalue weighted by Gasteiger charge is 2.19. The fourth-order valence-corrected chi connectivity index (χ4v) is 2.29. The van der Waals surface area contributed by atoms with Crippen LogP contribution in [0.5, 0.6) is 0 Å². The molecule has 0 saturated carbocycles. The Morgan fingerprint density at radius 1 is 1.09 bits per heavy atom. The third-order valence-electron chi connectivity index (χ3n) is 3.55. The number of hydroxylamine groups is 1. The third kappa shape index (κ3) is 2.72. The van der Waals surface area contributed by atoms with Crippen LogP contribution in [0.4, 0.5) is 0 Å². The molecule has 0 aliphatic carbocycles. The number of nitrogens with zero attached hydrogens (tertiary/aromatic N) is 2. The van der Waals surface area contributed by atoms with Crippen LogP contribution in [0, 0.1) is 5.21 Å². The van der Waals surface area contributed by atoms with Crippen LogP contribution in [0.3, 0.4) is 0 Å². The number of aromatic amines is 1. The van der Waals surface area contributed by atoms with Crippen molar-refractivity contribution >= 4 is 17.0 Å². The Morgan fingerprint density at radius 3 is 2.59 bits per heavy atom. The number of benzene rings is 2. The molecule has 0 aliphatic rings. The second-order valence-corrected chi connectivity index (χ2v) is 6.33. The van der Waals surface area contributed by atoms with Crippen LogP contribution in [0.15, 0.2) is 48.7 Å². The van der Waals surface area contributed by atoms with E-state index in [0.717, 1.165) is 21.5 Å². The SMILES string of the molecule is CC(C)(C)/[N+]([O-])=C/c1c[nH]c(-c2cccc3ccccc23)n1. The lowest BCUT2D eigenvalue weighted by molar-refractivity contribution is -0.530. The second-order valence-electron chi connectivity index (χ2n) is 6.33. The van der Waals surface area contributed by atoms with Crippen LogP contribution in [0.1, 0.15) is 26.5 Å². The van der Waals surface area contributed by atoms with Gasteiger partial charge in [0.25, 0.3) is 0 Å². The number of H-pyrrole nitrogens is 1. The molecule has 1 aromatic heterocycles. The maximum absolute atomic E-state index is 12.0. The van der Waals surface area contributed by atoms with Crippen LogP contribution in [-0.2, 0) is 0 Å². The number of hydrogen-bond acceptors (Lipinski definition) is 2. The first-order chi connectivity index (χ1) is 10.4. The minimum Gasteiger partial charge on any atom is -0.623 e. The summed E-state index contributed by atoms with van der Waals surface area (Å²) in [5.41, 5.74) is 1.19. The van der Waals surface area contributed by atoms with Gasteiger partial charge in [-0.25, -0.2) is 9.72 Å². The van der Waals surface area contributed by atoms with Gasteiger partial charge in [0.2, 0.25) is 6.21 Å². The summed E-state index contributed by atoms with van der Waals surface area (Å²) in [5.74, 6) is 0.769. The fourth-order valence-electron chi connectivity index (χ4n) is 2.29. The molecule has 0 unspecified atom stereocenters. The van der Waals surface area contributed by atoms with Gasteiger partial charge in [0.1, 0.15) is 11.5 Å². The van der Waals surface area contributed by atoms with Crippen LogP contribution >= 0.6 is 0 Å². The fraction of sp³-hybridized carbons (Fsp3) is 0.222. The van der Waals surface area contributed by atoms with E-state index in [-0.39, 0.29) is 0 Å². The highest BCUT2D eigenvalue weighted by atomic mass is 16.5. The molecule has 0 amide bonds. The molecule has 22 heavy (non-hydrogen) atoms. The molecular formula is C18H19N3O. The van der Waals surface area contributed by atoms with E-state index >= 15 is 0 Å². The maximum Gasteiger partial charge on any atom is 0.202 e. The zero-order valence-electron chi connectivity index (χ0n) is 13.0. The van der Waals surface area contributed by atoms with Crippen molar-refractivity contribution in [3.05, 3.63) is 59.6 Å². The van der Waals surface area contributed by atoms with Gasteiger partial charge in [0.05, 0.1) is 0 Å². The summed E-state index contributed by atoms with van der Waals surface area (Å²) in [5, 5.41) is 14.3. The molecule has 0 atom stereocenters. The van der Waals surface area contributed by atoms with Crippen LogP contribution in [0.2, 0.25) is 0 Å². The molecule has 3 aromatic rings. The van der Waals surface area contributed by atoms with Crippen molar-refractivity contribution < 1.29 is 4.74 Å². The summed E-state index contributed by atoms with van der Waals surface area (Å²) in [6.07, 6.45) is 3.28. The van der Waals surface area contributed by atoms with Crippen molar-refractivity contribution in [3.8, 4) is 11.4 Å². The zero-order chi connectivity index (χ0) is 15.7. The standard InChI is InChI=1S/C18H19N3O/c1-18(2,3)21(22)12-14-11-19-17(20-14)16-10-6-8-13-7-4-5-9-15(13)16/h4-12H,1-3H3,(H,19,20)/b21-12-. The van der Waals surface area contributed by atoms with Crippen molar-refractivity contribution in [2.45, 2.75) is 26.3 Å². The smallest absolute Gasteiger partial charge is 0.202 e. The Morgan fingerprint density at radius 2 is 1.82 bits per heavy atom. The number of hydrogen-bond donors (Lipinski definition) is 1. The summed E-state index contributed by atoms with van der Waals surface area (Å²) in [6, 6.07) is 14.3. The predicted octanol–water partition coefficient (Wildman–Crippen LogP) is 3.96. The molecule has 3 rings (SSSR count). The Balaban J connectivity index is 2.04. The lowest BCUT2D eigenvalue weighted by atomic mass is 10.0. The van der Waals surface area contributed by atoms with Crippen LogP contribution in [-0.4, -0.2) is 26.5 Å². The van der Waals surface area contributed by atoms with E-state index in [1.54, 1.807) is 6.20 Å². The molecule has 0 radical (unpaired) electrons. The first-order valence-corrected chi connectivity index (χ1v) is 7.30. The summed E-state index contributed by atoms with van der Waals surface area (Å²) < 4.78 is 0.927. The topological polar surface area (TPSA) is 54.8 Å². The molecule has 2 aromatic carbocycles. The van der Waals surface area contributed by atoms with E-state index in [1.165, 1.54) is 11.6 Å². The minimum atomic E-state index is -0.474. The van der Waals surface area contributed by atoms with Gasteiger partial charge in [0.15, 0.2) is 5.54 Å². The quantitative estimate of drug-likeness (QED) is 0.336. The van der Waals surface area contributed by atoms with Gasteiger partial charge in [-0.15, -0.1) is 0 Å². The van der Waals surface area contributed by atoms with E-state index in [0.29, 0.717) is 5.69 Å². The normalized spacial score (nSPS) is 12.8. The molecule has 0 fully saturated rings.